The van der Waals surface area contributed by atoms with Crippen LogP contribution in [-0.2, 0) is 22.0 Å². The Balaban J connectivity index is 2.22. The summed E-state index contributed by atoms with van der Waals surface area (Å²) in [5.41, 5.74) is 12.0. The smallest absolute Gasteiger partial charge is 0.228 e. The number of carbonyl (C=O) groups is 1. The lowest BCUT2D eigenvalue weighted by Crippen LogP contribution is -2.47. The summed E-state index contributed by atoms with van der Waals surface area (Å²) in [7, 11) is 0. The zero-order valence-electron chi connectivity index (χ0n) is 13.5. The van der Waals surface area contributed by atoms with E-state index in [0.29, 0.717) is 0 Å². The van der Waals surface area contributed by atoms with E-state index in [0.717, 1.165) is 25.7 Å². The van der Waals surface area contributed by atoms with Gasteiger partial charge in [-0.15, -0.1) is 0 Å². The Hall–Kier alpha value is -1.57. The number of carbonyl (C=O) groups excluding carboxylic acids is 1. The second-order valence-corrected chi connectivity index (χ2v) is 7.81. The molecule has 2 nitrogen and oxygen atoms in total. The topological polar surface area (TPSA) is 43.1 Å². The van der Waals surface area contributed by atoms with Crippen LogP contribution in [0.1, 0.15) is 69.2 Å². The molecule has 21 heavy (non-hydrogen) atoms. The first-order valence-electron chi connectivity index (χ1n) is 7.89. The van der Waals surface area contributed by atoms with Crippen molar-refractivity contribution >= 4 is 12.0 Å². The fraction of sp³-hybridized carbons (Fsp3) is 0.526. The SMILES string of the molecule is CC1=Cc2cc(C(C)(C)C)cc(C3(C(N)=O)CCC3)c2C1. The van der Waals surface area contributed by atoms with Crippen molar-refractivity contribution in [2.75, 3.05) is 0 Å². The van der Waals surface area contributed by atoms with E-state index in [1.807, 2.05) is 0 Å². The van der Waals surface area contributed by atoms with Gasteiger partial charge in [-0.25, -0.2) is 0 Å². The van der Waals surface area contributed by atoms with Crippen LogP contribution in [0, 0.1) is 0 Å². The maximum Gasteiger partial charge on any atom is 0.228 e. The van der Waals surface area contributed by atoms with Crippen LogP contribution in [0.15, 0.2) is 17.7 Å². The van der Waals surface area contributed by atoms with Crippen molar-refractivity contribution in [2.45, 2.75) is 64.2 Å². The van der Waals surface area contributed by atoms with Gasteiger partial charge < -0.3 is 5.73 Å². The summed E-state index contributed by atoms with van der Waals surface area (Å²) in [4.78, 5) is 12.2. The maximum atomic E-state index is 12.2. The first kappa shape index (κ1) is 14.4. The first-order chi connectivity index (χ1) is 9.74. The van der Waals surface area contributed by atoms with Crippen molar-refractivity contribution in [1.82, 2.24) is 0 Å². The van der Waals surface area contributed by atoms with Crippen molar-refractivity contribution in [3.05, 3.63) is 40.0 Å². The average molecular weight is 283 g/mol. The zero-order chi connectivity index (χ0) is 15.4. The number of amides is 1. The minimum absolute atomic E-state index is 0.0801. The highest BCUT2D eigenvalue weighted by molar-refractivity contribution is 5.89. The third kappa shape index (κ3) is 2.12. The summed E-state index contributed by atoms with van der Waals surface area (Å²) in [6, 6.07) is 4.55. The lowest BCUT2D eigenvalue weighted by atomic mass is 9.61. The largest absolute Gasteiger partial charge is 0.369 e. The Bertz CT molecular complexity index is 642. The van der Waals surface area contributed by atoms with Crippen LogP contribution >= 0.6 is 0 Å². The molecule has 0 aliphatic heterocycles. The fourth-order valence-electron chi connectivity index (χ4n) is 3.65. The van der Waals surface area contributed by atoms with Crippen LogP contribution in [0.2, 0.25) is 0 Å². The summed E-state index contributed by atoms with van der Waals surface area (Å²) in [5, 5.41) is 0. The molecule has 1 amide bonds. The average Bonchev–Trinajstić information content (AvgIpc) is 2.65. The Morgan fingerprint density at radius 2 is 1.90 bits per heavy atom. The van der Waals surface area contributed by atoms with E-state index in [4.69, 9.17) is 5.73 Å². The second kappa shape index (κ2) is 4.46. The molecular formula is C19H25NO. The number of hydrogen-bond acceptors (Lipinski definition) is 1. The molecule has 3 rings (SSSR count). The molecule has 2 heteroatoms. The predicted octanol–water partition coefficient (Wildman–Crippen LogP) is 3.85. The molecule has 2 aliphatic rings. The molecule has 112 valence electrons. The Morgan fingerprint density at radius 3 is 2.38 bits per heavy atom. The molecule has 0 unspecified atom stereocenters. The molecule has 2 aliphatic carbocycles. The molecule has 0 bridgehead atoms. The Labute approximate surface area is 127 Å². The van der Waals surface area contributed by atoms with Crippen LogP contribution in [0.5, 0.6) is 0 Å². The van der Waals surface area contributed by atoms with E-state index in [9.17, 15) is 4.79 Å². The lowest BCUT2D eigenvalue weighted by molar-refractivity contribution is -0.126. The number of hydrogen-bond donors (Lipinski definition) is 1. The highest BCUT2D eigenvalue weighted by Crippen LogP contribution is 2.48. The van der Waals surface area contributed by atoms with Gasteiger partial charge in [0.05, 0.1) is 5.41 Å². The monoisotopic (exact) mass is 283 g/mol. The zero-order valence-corrected chi connectivity index (χ0v) is 13.5. The molecule has 0 heterocycles. The Morgan fingerprint density at radius 1 is 1.24 bits per heavy atom. The molecule has 1 aromatic carbocycles. The molecule has 1 saturated carbocycles. The summed E-state index contributed by atoms with van der Waals surface area (Å²) in [6.07, 6.45) is 6.14. The van der Waals surface area contributed by atoms with E-state index < -0.39 is 5.41 Å². The lowest BCUT2D eigenvalue weighted by Gasteiger charge is -2.41. The van der Waals surface area contributed by atoms with Crippen LogP contribution in [0.3, 0.4) is 0 Å². The standard InChI is InChI=1S/C19H25NO/c1-12-8-13-10-14(18(2,3)4)11-16(15(13)9-12)19(17(20)21)6-5-7-19/h8,10-11H,5-7,9H2,1-4H3,(H2,20,21). The first-order valence-corrected chi connectivity index (χ1v) is 7.89. The highest BCUT2D eigenvalue weighted by atomic mass is 16.1. The van der Waals surface area contributed by atoms with Gasteiger partial charge in [0, 0.05) is 0 Å². The molecule has 1 fully saturated rings. The minimum atomic E-state index is -0.413. The van der Waals surface area contributed by atoms with Crippen molar-refractivity contribution in [3.8, 4) is 0 Å². The van der Waals surface area contributed by atoms with Crippen LogP contribution in [0.4, 0.5) is 0 Å². The van der Waals surface area contributed by atoms with Gasteiger partial charge in [-0.1, -0.05) is 51.0 Å². The molecule has 0 saturated heterocycles. The van der Waals surface area contributed by atoms with Gasteiger partial charge in [-0.3, -0.25) is 4.79 Å². The third-order valence-electron chi connectivity index (χ3n) is 5.20. The quantitative estimate of drug-likeness (QED) is 0.880. The summed E-state index contributed by atoms with van der Waals surface area (Å²) < 4.78 is 0. The van der Waals surface area contributed by atoms with E-state index in [1.54, 1.807) is 0 Å². The molecule has 0 radical (unpaired) electrons. The molecule has 0 spiro atoms. The molecule has 1 aromatic rings. The van der Waals surface area contributed by atoms with Crippen LogP contribution in [0.25, 0.3) is 6.08 Å². The maximum absolute atomic E-state index is 12.2. The normalized spacial score (nSPS) is 19.7. The minimum Gasteiger partial charge on any atom is -0.369 e. The number of allylic oxidation sites excluding steroid dienone is 1. The molecule has 0 aromatic heterocycles. The molecule has 0 atom stereocenters. The Kier molecular flexibility index (Phi) is 3.05. The van der Waals surface area contributed by atoms with Gasteiger partial charge in [-0.05, 0) is 53.9 Å². The van der Waals surface area contributed by atoms with Gasteiger partial charge in [0.15, 0.2) is 0 Å². The van der Waals surface area contributed by atoms with E-state index in [-0.39, 0.29) is 11.3 Å². The number of nitrogens with two attached hydrogens (primary N) is 1. The van der Waals surface area contributed by atoms with E-state index in [1.165, 1.54) is 27.8 Å². The summed E-state index contributed by atoms with van der Waals surface area (Å²) in [6.45, 7) is 8.84. The number of primary amides is 1. The predicted molar refractivity (Wildman–Crippen MR) is 87.2 cm³/mol. The fourth-order valence-corrected chi connectivity index (χ4v) is 3.65. The van der Waals surface area contributed by atoms with Gasteiger partial charge in [0.25, 0.3) is 0 Å². The third-order valence-corrected chi connectivity index (χ3v) is 5.20. The molecular weight excluding hydrogens is 258 g/mol. The summed E-state index contributed by atoms with van der Waals surface area (Å²) in [5.74, 6) is -0.147. The van der Waals surface area contributed by atoms with E-state index >= 15 is 0 Å². The number of benzene rings is 1. The van der Waals surface area contributed by atoms with Crippen molar-refractivity contribution in [3.63, 3.8) is 0 Å². The van der Waals surface area contributed by atoms with Gasteiger partial charge in [-0.2, -0.15) is 0 Å². The van der Waals surface area contributed by atoms with Crippen LogP contribution < -0.4 is 5.73 Å². The number of rotatable bonds is 2. The number of fused-ring (bicyclic) bond motifs is 1. The van der Waals surface area contributed by atoms with Gasteiger partial charge in [0.2, 0.25) is 5.91 Å². The van der Waals surface area contributed by atoms with Crippen molar-refractivity contribution in [1.29, 1.82) is 0 Å². The van der Waals surface area contributed by atoms with Crippen molar-refractivity contribution < 1.29 is 4.79 Å². The van der Waals surface area contributed by atoms with E-state index in [2.05, 4.69) is 45.9 Å². The van der Waals surface area contributed by atoms with Gasteiger partial charge in [0.1, 0.15) is 0 Å². The van der Waals surface area contributed by atoms with Crippen LogP contribution in [-0.4, -0.2) is 5.91 Å². The molecule has 2 N–H and O–H groups in total. The summed E-state index contributed by atoms with van der Waals surface area (Å²) >= 11 is 0. The second-order valence-electron chi connectivity index (χ2n) is 7.81. The van der Waals surface area contributed by atoms with Crippen molar-refractivity contribution in [2.24, 2.45) is 5.73 Å². The highest BCUT2D eigenvalue weighted by Gasteiger charge is 2.46. The van der Waals surface area contributed by atoms with Gasteiger partial charge >= 0.3 is 0 Å².